The number of ketones is 1. The van der Waals surface area contributed by atoms with E-state index < -0.39 is 0 Å². The molecule has 0 aromatic rings. The molecule has 0 spiro atoms. The Morgan fingerprint density at radius 3 is 2.73 bits per heavy atom. The number of hydrogen-bond acceptors (Lipinski definition) is 1. The van der Waals surface area contributed by atoms with Crippen molar-refractivity contribution in [3.63, 3.8) is 0 Å². The smallest absolute Gasteiger partial charge is 0.208 e. The predicted molar refractivity (Wildman–Crippen MR) is 63.4 cm³/mol. The van der Waals surface area contributed by atoms with Crippen LogP contribution in [0.5, 0.6) is 0 Å². The Morgan fingerprint density at radius 2 is 2.13 bits per heavy atom. The van der Waals surface area contributed by atoms with E-state index in [0.717, 1.165) is 25.2 Å². The SMILES string of the molecule is CCC#CC(=O)C1CCCC(C(C)C)C1. The molecule has 0 saturated heterocycles. The molecular weight excluding hydrogens is 184 g/mol. The van der Waals surface area contributed by atoms with E-state index in [0.29, 0.717) is 5.92 Å². The first-order valence-electron chi connectivity index (χ1n) is 6.17. The summed E-state index contributed by atoms with van der Waals surface area (Å²) in [7, 11) is 0. The minimum Gasteiger partial charge on any atom is -0.285 e. The summed E-state index contributed by atoms with van der Waals surface area (Å²) in [5, 5.41) is 0. The average molecular weight is 206 g/mol. The molecule has 2 unspecified atom stereocenters. The Kier molecular flexibility index (Phi) is 4.88. The fourth-order valence-corrected chi connectivity index (χ4v) is 2.35. The number of carbonyl (C=O) groups excluding carboxylic acids is 1. The summed E-state index contributed by atoms with van der Waals surface area (Å²) in [5.41, 5.74) is 0. The first kappa shape index (κ1) is 12.3. The Labute approximate surface area is 93.6 Å². The van der Waals surface area contributed by atoms with Crippen LogP contribution >= 0.6 is 0 Å². The van der Waals surface area contributed by atoms with Crippen LogP contribution in [0.3, 0.4) is 0 Å². The largest absolute Gasteiger partial charge is 0.285 e. The van der Waals surface area contributed by atoms with Crippen LogP contribution in [0.25, 0.3) is 0 Å². The van der Waals surface area contributed by atoms with Gasteiger partial charge in [0.2, 0.25) is 5.78 Å². The van der Waals surface area contributed by atoms with Crippen molar-refractivity contribution in [2.45, 2.75) is 52.9 Å². The van der Waals surface area contributed by atoms with Gasteiger partial charge in [0.05, 0.1) is 0 Å². The van der Waals surface area contributed by atoms with Crippen molar-refractivity contribution in [2.24, 2.45) is 17.8 Å². The first-order chi connectivity index (χ1) is 7.15. The third-order valence-electron chi connectivity index (χ3n) is 3.42. The van der Waals surface area contributed by atoms with Crippen molar-refractivity contribution in [3.8, 4) is 11.8 Å². The number of rotatable bonds is 2. The zero-order valence-corrected chi connectivity index (χ0v) is 10.2. The Morgan fingerprint density at radius 1 is 1.40 bits per heavy atom. The molecule has 1 aliphatic carbocycles. The fraction of sp³-hybridized carbons (Fsp3) is 0.786. The van der Waals surface area contributed by atoms with Crippen molar-refractivity contribution >= 4 is 5.78 Å². The lowest BCUT2D eigenvalue weighted by Gasteiger charge is -2.29. The highest BCUT2D eigenvalue weighted by atomic mass is 16.1. The third-order valence-corrected chi connectivity index (χ3v) is 3.42. The van der Waals surface area contributed by atoms with Gasteiger partial charge in [-0.1, -0.05) is 39.5 Å². The van der Waals surface area contributed by atoms with E-state index in [9.17, 15) is 4.79 Å². The summed E-state index contributed by atoms with van der Waals surface area (Å²) in [4.78, 5) is 11.8. The van der Waals surface area contributed by atoms with E-state index in [2.05, 4.69) is 25.7 Å². The lowest BCUT2D eigenvalue weighted by molar-refractivity contribution is -0.118. The maximum atomic E-state index is 11.8. The molecule has 0 heterocycles. The van der Waals surface area contributed by atoms with Gasteiger partial charge in [0.25, 0.3) is 0 Å². The topological polar surface area (TPSA) is 17.1 Å². The standard InChI is InChI=1S/C14H22O/c1-4-5-9-14(15)13-8-6-7-12(10-13)11(2)3/h11-13H,4,6-8,10H2,1-3H3. The van der Waals surface area contributed by atoms with Gasteiger partial charge in [0, 0.05) is 12.3 Å². The highest BCUT2D eigenvalue weighted by Gasteiger charge is 2.27. The van der Waals surface area contributed by atoms with Gasteiger partial charge in [-0.2, -0.15) is 0 Å². The summed E-state index contributed by atoms with van der Waals surface area (Å²) in [6.45, 7) is 6.50. The fourth-order valence-electron chi connectivity index (χ4n) is 2.35. The molecule has 0 N–H and O–H groups in total. The molecule has 84 valence electrons. The zero-order valence-electron chi connectivity index (χ0n) is 10.2. The second kappa shape index (κ2) is 5.95. The molecule has 0 bridgehead atoms. The predicted octanol–water partition coefficient (Wildman–Crippen LogP) is 3.43. The van der Waals surface area contributed by atoms with E-state index in [-0.39, 0.29) is 11.7 Å². The first-order valence-corrected chi connectivity index (χ1v) is 6.17. The number of Topliss-reactive ketones (excluding diaryl/α,β-unsaturated/α-hetero) is 1. The quantitative estimate of drug-likeness (QED) is 0.499. The van der Waals surface area contributed by atoms with Crippen LogP contribution in [0.4, 0.5) is 0 Å². The molecule has 0 radical (unpaired) electrons. The van der Waals surface area contributed by atoms with Crippen molar-refractivity contribution in [2.75, 3.05) is 0 Å². The van der Waals surface area contributed by atoms with Gasteiger partial charge in [0.15, 0.2) is 0 Å². The monoisotopic (exact) mass is 206 g/mol. The third kappa shape index (κ3) is 3.70. The van der Waals surface area contributed by atoms with Crippen molar-refractivity contribution in [3.05, 3.63) is 0 Å². The molecule has 1 rings (SSSR count). The molecule has 1 heteroatoms. The Bertz CT molecular complexity index is 267. The maximum absolute atomic E-state index is 11.8. The molecule has 1 aliphatic rings. The van der Waals surface area contributed by atoms with Gasteiger partial charge in [-0.25, -0.2) is 0 Å². The highest BCUT2D eigenvalue weighted by Crippen LogP contribution is 2.33. The lowest BCUT2D eigenvalue weighted by Crippen LogP contribution is -2.24. The molecule has 0 amide bonds. The van der Waals surface area contributed by atoms with Crippen LogP contribution in [0.15, 0.2) is 0 Å². The molecule has 0 aromatic carbocycles. The van der Waals surface area contributed by atoms with E-state index in [1.165, 1.54) is 12.8 Å². The average Bonchev–Trinajstić information content (AvgIpc) is 2.26. The summed E-state index contributed by atoms with van der Waals surface area (Å²) in [5.74, 6) is 7.51. The van der Waals surface area contributed by atoms with Gasteiger partial charge in [-0.3, -0.25) is 4.79 Å². The number of carbonyl (C=O) groups is 1. The van der Waals surface area contributed by atoms with Crippen LogP contribution in [-0.4, -0.2) is 5.78 Å². The Balaban J connectivity index is 2.52. The minimum atomic E-state index is 0.183. The van der Waals surface area contributed by atoms with Gasteiger partial charge in [0.1, 0.15) is 0 Å². The van der Waals surface area contributed by atoms with Crippen molar-refractivity contribution in [1.29, 1.82) is 0 Å². The van der Waals surface area contributed by atoms with Gasteiger partial charge in [-0.15, -0.1) is 0 Å². The zero-order chi connectivity index (χ0) is 11.3. The maximum Gasteiger partial charge on any atom is 0.208 e. The van der Waals surface area contributed by atoms with E-state index >= 15 is 0 Å². The normalized spacial score (nSPS) is 25.9. The van der Waals surface area contributed by atoms with Crippen LogP contribution in [0, 0.1) is 29.6 Å². The van der Waals surface area contributed by atoms with Crippen molar-refractivity contribution < 1.29 is 4.79 Å². The molecule has 15 heavy (non-hydrogen) atoms. The summed E-state index contributed by atoms with van der Waals surface area (Å²) in [6.07, 6.45) is 5.40. The van der Waals surface area contributed by atoms with Gasteiger partial charge < -0.3 is 0 Å². The molecule has 0 aromatic heterocycles. The van der Waals surface area contributed by atoms with Crippen LogP contribution in [-0.2, 0) is 4.79 Å². The van der Waals surface area contributed by atoms with Crippen LogP contribution < -0.4 is 0 Å². The van der Waals surface area contributed by atoms with E-state index in [1.807, 2.05) is 6.92 Å². The molecule has 2 atom stereocenters. The lowest BCUT2D eigenvalue weighted by atomic mass is 9.75. The van der Waals surface area contributed by atoms with Crippen LogP contribution in [0.2, 0.25) is 0 Å². The van der Waals surface area contributed by atoms with E-state index in [4.69, 9.17) is 0 Å². The number of hydrogen-bond donors (Lipinski definition) is 0. The molecule has 1 saturated carbocycles. The highest BCUT2D eigenvalue weighted by molar-refractivity contribution is 5.97. The second-order valence-corrected chi connectivity index (χ2v) is 4.89. The second-order valence-electron chi connectivity index (χ2n) is 4.89. The summed E-state index contributed by atoms with van der Waals surface area (Å²) >= 11 is 0. The van der Waals surface area contributed by atoms with E-state index in [1.54, 1.807) is 0 Å². The van der Waals surface area contributed by atoms with Crippen LogP contribution in [0.1, 0.15) is 52.9 Å². The summed E-state index contributed by atoms with van der Waals surface area (Å²) in [6, 6.07) is 0. The molecule has 0 aliphatic heterocycles. The minimum absolute atomic E-state index is 0.183. The summed E-state index contributed by atoms with van der Waals surface area (Å²) < 4.78 is 0. The molecule has 1 fully saturated rings. The van der Waals surface area contributed by atoms with Crippen molar-refractivity contribution in [1.82, 2.24) is 0 Å². The molecule has 1 nitrogen and oxygen atoms in total. The van der Waals surface area contributed by atoms with Gasteiger partial charge in [-0.05, 0) is 30.6 Å². The Hall–Kier alpha value is -0.770. The van der Waals surface area contributed by atoms with Gasteiger partial charge >= 0.3 is 0 Å². The molecular formula is C14H22O.